The van der Waals surface area contributed by atoms with E-state index in [2.05, 4.69) is 38.9 Å². The first-order valence-corrected chi connectivity index (χ1v) is 11.6. The molecule has 1 aliphatic heterocycles. The first kappa shape index (κ1) is 21.3. The fourth-order valence-corrected chi connectivity index (χ4v) is 4.57. The topological polar surface area (TPSA) is 105 Å². The second-order valence-electron chi connectivity index (χ2n) is 9.12. The minimum Gasteiger partial charge on any atom is -0.332 e. The number of hydrogen-bond donors (Lipinski definition) is 1. The Morgan fingerprint density at radius 1 is 1.12 bits per heavy atom. The zero-order chi connectivity index (χ0) is 22.9. The molecule has 1 N–H and O–H groups in total. The van der Waals surface area contributed by atoms with Crippen LogP contribution in [0.2, 0.25) is 0 Å². The Morgan fingerprint density at radius 2 is 1.85 bits per heavy atom. The quantitative estimate of drug-likeness (QED) is 0.627. The van der Waals surface area contributed by atoms with Gasteiger partial charge in [0.05, 0.1) is 18.1 Å². The number of carbonyl (C=O) groups is 1. The molecule has 0 bridgehead atoms. The average molecular weight is 445 g/mol. The molecule has 2 fully saturated rings. The Kier molecular flexibility index (Phi) is 5.68. The lowest BCUT2D eigenvalue weighted by Crippen LogP contribution is -2.49. The Morgan fingerprint density at radius 3 is 2.48 bits per heavy atom. The van der Waals surface area contributed by atoms with Crippen molar-refractivity contribution in [2.75, 3.05) is 13.1 Å². The highest BCUT2D eigenvalue weighted by Crippen LogP contribution is 2.40. The Bertz CT molecular complexity index is 1180. The number of nitriles is 1. The van der Waals surface area contributed by atoms with Gasteiger partial charge in [0.25, 0.3) is 5.91 Å². The van der Waals surface area contributed by atoms with Crippen LogP contribution in [-0.4, -0.2) is 60.8 Å². The molecule has 2 aliphatic rings. The van der Waals surface area contributed by atoms with Crippen LogP contribution in [-0.2, 0) is 0 Å². The number of aromatic nitrogens is 5. The highest BCUT2D eigenvalue weighted by molar-refractivity contribution is 5.92. The van der Waals surface area contributed by atoms with Crippen LogP contribution >= 0.6 is 0 Å². The molecule has 5 rings (SSSR count). The number of amides is 1. The lowest BCUT2D eigenvalue weighted by molar-refractivity contribution is 0.0559. The van der Waals surface area contributed by atoms with Gasteiger partial charge in [-0.2, -0.15) is 9.94 Å². The number of benzene rings is 1. The number of carbonyl (C=O) groups excluding carboxylic acids is 1. The largest absolute Gasteiger partial charge is 0.332 e. The van der Waals surface area contributed by atoms with Gasteiger partial charge >= 0.3 is 0 Å². The maximum absolute atomic E-state index is 13.3. The van der Waals surface area contributed by atoms with Crippen LogP contribution in [0, 0.1) is 11.3 Å². The van der Waals surface area contributed by atoms with Gasteiger partial charge in [0.1, 0.15) is 11.6 Å². The maximum atomic E-state index is 13.3. The summed E-state index contributed by atoms with van der Waals surface area (Å²) in [6.07, 6.45) is 7.59. The molecular weight excluding hydrogens is 416 g/mol. The third kappa shape index (κ3) is 4.26. The van der Waals surface area contributed by atoms with Crippen molar-refractivity contribution >= 4 is 5.91 Å². The predicted molar refractivity (Wildman–Crippen MR) is 122 cm³/mol. The molecular formula is C24H28N8O. The van der Waals surface area contributed by atoms with E-state index in [9.17, 15) is 10.1 Å². The summed E-state index contributed by atoms with van der Waals surface area (Å²) in [5.74, 6) is 0.897. The molecule has 1 aromatic carbocycles. The molecule has 0 spiro atoms. The number of piperidine rings is 1. The molecule has 3 heterocycles. The summed E-state index contributed by atoms with van der Waals surface area (Å²) < 4.78 is 3.09. The van der Waals surface area contributed by atoms with Gasteiger partial charge in [0, 0.05) is 12.1 Å². The molecule has 1 amide bonds. The fraction of sp³-hybridized carbons (Fsp3) is 0.458. The van der Waals surface area contributed by atoms with E-state index in [4.69, 9.17) is 0 Å². The van der Waals surface area contributed by atoms with Crippen molar-refractivity contribution in [3.63, 3.8) is 0 Å². The predicted octanol–water partition coefficient (Wildman–Crippen LogP) is 2.80. The molecule has 3 aromatic rings. The van der Waals surface area contributed by atoms with Crippen molar-refractivity contribution in [1.29, 1.82) is 5.26 Å². The smallest absolute Gasteiger partial charge is 0.276 e. The Hall–Kier alpha value is -3.51. The van der Waals surface area contributed by atoms with E-state index in [1.165, 1.54) is 23.1 Å². The maximum Gasteiger partial charge on any atom is 0.276 e. The summed E-state index contributed by atoms with van der Waals surface area (Å²) in [5.41, 5.74) is 2.84. The lowest BCUT2D eigenvalue weighted by Gasteiger charge is -2.37. The van der Waals surface area contributed by atoms with Gasteiger partial charge in [-0.1, -0.05) is 17.3 Å². The van der Waals surface area contributed by atoms with Crippen LogP contribution in [0.3, 0.4) is 0 Å². The van der Waals surface area contributed by atoms with E-state index in [1.54, 1.807) is 17.1 Å². The minimum absolute atomic E-state index is 0.0539. The Labute approximate surface area is 193 Å². The molecule has 1 aliphatic carbocycles. The SMILES string of the molecule is CC(C)N(C(=O)c1cn(-c2nn(-c3ccc(C4CC4)cc3)cc2C#N)nn1)C1CCNCC1. The molecule has 2 aromatic heterocycles. The molecule has 0 radical (unpaired) electrons. The first-order chi connectivity index (χ1) is 16.0. The number of hydrogen-bond acceptors (Lipinski definition) is 6. The van der Waals surface area contributed by atoms with E-state index in [-0.39, 0.29) is 23.7 Å². The van der Waals surface area contributed by atoms with Gasteiger partial charge in [-0.25, -0.2) is 4.68 Å². The number of nitrogens with zero attached hydrogens (tertiary/aromatic N) is 7. The third-order valence-corrected chi connectivity index (χ3v) is 6.44. The number of rotatable bonds is 6. The van der Waals surface area contributed by atoms with E-state index in [0.717, 1.165) is 31.6 Å². The van der Waals surface area contributed by atoms with Crippen LogP contribution < -0.4 is 5.32 Å². The second kappa shape index (κ2) is 8.79. The van der Waals surface area contributed by atoms with Crippen LogP contribution in [0.1, 0.15) is 67.1 Å². The van der Waals surface area contributed by atoms with Crippen LogP contribution in [0.25, 0.3) is 11.5 Å². The van der Waals surface area contributed by atoms with E-state index >= 15 is 0 Å². The van der Waals surface area contributed by atoms with Crippen molar-refractivity contribution < 1.29 is 4.79 Å². The van der Waals surface area contributed by atoms with Gasteiger partial charge in [-0.3, -0.25) is 4.79 Å². The highest BCUT2D eigenvalue weighted by atomic mass is 16.2. The summed E-state index contributed by atoms with van der Waals surface area (Å²) in [7, 11) is 0. The standard InChI is InChI=1S/C24H28N8O/c1-16(2)32(21-9-11-26-12-10-21)24(33)22-15-31(29-27-22)23-19(13-25)14-30(28-23)20-7-5-18(6-8-20)17-3-4-17/h5-8,14-17,21,26H,3-4,9-12H2,1-2H3. The number of nitrogens with one attached hydrogen (secondary N) is 1. The summed E-state index contributed by atoms with van der Waals surface area (Å²) in [6.45, 7) is 5.85. The lowest BCUT2D eigenvalue weighted by atomic mass is 10.0. The average Bonchev–Trinajstić information content (AvgIpc) is 3.40. The molecule has 1 saturated heterocycles. The third-order valence-electron chi connectivity index (χ3n) is 6.44. The normalized spacial score (nSPS) is 16.7. The summed E-state index contributed by atoms with van der Waals surface area (Å²) >= 11 is 0. The summed E-state index contributed by atoms with van der Waals surface area (Å²) in [4.78, 5) is 15.2. The first-order valence-electron chi connectivity index (χ1n) is 11.6. The van der Waals surface area contributed by atoms with E-state index in [0.29, 0.717) is 17.3 Å². The zero-order valence-corrected chi connectivity index (χ0v) is 19.0. The van der Waals surface area contributed by atoms with Gasteiger partial charge in [0.2, 0.25) is 0 Å². The van der Waals surface area contributed by atoms with Crippen molar-refractivity contribution in [3.8, 4) is 17.6 Å². The fourth-order valence-electron chi connectivity index (χ4n) is 4.57. The minimum atomic E-state index is -0.142. The molecule has 0 atom stereocenters. The zero-order valence-electron chi connectivity index (χ0n) is 19.0. The monoisotopic (exact) mass is 444 g/mol. The molecule has 33 heavy (non-hydrogen) atoms. The van der Waals surface area contributed by atoms with Gasteiger partial charge < -0.3 is 10.2 Å². The molecule has 9 heteroatoms. The molecule has 1 saturated carbocycles. The highest BCUT2D eigenvalue weighted by Gasteiger charge is 2.30. The molecule has 170 valence electrons. The van der Waals surface area contributed by atoms with Crippen molar-refractivity contribution in [2.24, 2.45) is 0 Å². The van der Waals surface area contributed by atoms with Crippen molar-refractivity contribution in [3.05, 3.63) is 53.5 Å². The summed E-state index contributed by atoms with van der Waals surface area (Å²) in [6, 6.07) is 10.7. The van der Waals surface area contributed by atoms with Gasteiger partial charge in [-0.15, -0.1) is 10.2 Å². The van der Waals surface area contributed by atoms with Crippen LogP contribution in [0.5, 0.6) is 0 Å². The second-order valence-corrected chi connectivity index (χ2v) is 9.12. The summed E-state index contributed by atoms with van der Waals surface area (Å²) in [5, 5.41) is 25.9. The van der Waals surface area contributed by atoms with Crippen molar-refractivity contribution in [2.45, 2.75) is 57.5 Å². The van der Waals surface area contributed by atoms with Gasteiger partial charge in [-0.05, 0) is 76.2 Å². The Balaban J connectivity index is 1.40. The van der Waals surface area contributed by atoms with Crippen LogP contribution in [0.4, 0.5) is 0 Å². The van der Waals surface area contributed by atoms with Gasteiger partial charge in [0.15, 0.2) is 11.5 Å². The van der Waals surface area contributed by atoms with Crippen molar-refractivity contribution in [1.82, 2.24) is 35.0 Å². The van der Waals surface area contributed by atoms with Crippen LogP contribution in [0.15, 0.2) is 36.7 Å². The van der Waals surface area contributed by atoms with E-state index < -0.39 is 0 Å². The van der Waals surface area contributed by atoms with E-state index in [1.807, 2.05) is 30.9 Å². The molecule has 0 unspecified atom stereocenters. The molecule has 9 nitrogen and oxygen atoms in total.